The van der Waals surface area contributed by atoms with Crippen LogP contribution in [0, 0.1) is 24.2 Å². The highest BCUT2D eigenvalue weighted by atomic mass is 16.6. The molecule has 1 atom stereocenters. The molecular weight excluding hydrogens is 314 g/mol. The van der Waals surface area contributed by atoms with Crippen molar-refractivity contribution < 1.29 is 9.53 Å². The van der Waals surface area contributed by atoms with Crippen molar-refractivity contribution in [1.82, 2.24) is 0 Å². The lowest BCUT2D eigenvalue weighted by molar-refractivity contribution is 0.0763. The topological polar surface area (TPSA) is 65.4 Å². The van der Waals surface area contributed by atoms with E-state index in [2.05, 4.69) is 36.2 Å². The molecular formula is C20H29N3O2. The first kappa shape index (κ1) is 19.1. The molecule has 1 aromatic rings. The smallest absolute Gasteiger partial charge is 0.411 e. The van der Waals surface area contributed by atoms with Crippen LogP contribution in [0.2, 0.25) is 0 Å². The van der Waals surface area contributed by atoms with Crippen molar-refractivity contribution in [2.24, 2.45) is 5.92 Å². The van der Waals surface area contributed by atoms with Crippen LogP contribution in [0.15, 0.2) is 18.2 Å². The summed E-state index contributed by atoms with van der Waals surface area (Å²) in [5.74, 6) is 0.316. The molecule has 2 rings (SSSR count). The first-order chi connectivity index (χ1) is 12.1. The van der Waals surface area contributed by atoms with Gasteiger partial charge < -0.3 is 9.64 Å². The highest BCUT2D eigenvalue weighted by molar-refractivity contribution is 5.86. The van der Waals surface area contributed by atoms with Crippen molar-refractivity contribution in [3.63, 3.8) is 0 Å². The fraction of sp³-hybridized carbons (Fsp3) is 0.600. The van der Waals surface area contributed by atoms with Gasteiger partial charge in [-0.25, -0.2) is 4.79 Å². The lowest BCUT2D eigenvalue weighted by Crippen LogP contribution is -2.28. The monoisotopic (exact) mass is 343 g/mol. The van der Waals surface area contributed by atoms with Gasteiger partial charge in [-0.2, -0.15) is 5.26 Å². The Hall–Kier alpha value is -2.22. The molecule has 0 spiro atoms. The molecule has 1 aliphatic rings. The number of benzene rings is 1. The zero-order chi connectivity index (χ0) is 18.2. The number of carbonyl (C=O) groups is 1. The Labute approximate surface area is 151 Å². The van der Waals surface area contributed by atoms with Gasteiger partial charge in [0.05, 0.1) is 12.5 Å². The summed E-state index contributed by atoms with van der Waals surface area (Å²) in [6.45, 7) is 8.12. The lowest BCUT2D eigenvalue weighted by atomic mass is 9.99. The van der Waals surface area contributed by atoms with Gasteiger partial charge in [-0.05, 0) is 63.3 Å². The van der Waals surface area contributed by atoms with Crippen molar-refractivity contribution in [2.75, 3.05) is 23.3 Å². The third-order valence-corrected chi connectivity index (χ3v) is 5.05. The van der Waals surface area contributed by atoms with E-state index in [9.17, 15) is 4.79 Å². The predicted molar refractivity (Wildman–Crippen MR) is 101 cm³/mol. The lowest BCUT2D eigenvalue weighted by Gasteiger charge is -2.23. The number of amides is 1. The van der Waals surface area contributed by atoms with Gasteiger partial charge >= 0.3 is 6.09 Å². The minimum absolute atomic E-state index is 0.262. The van der Waals surface area contributed by atoms with Crippen LogP contribution < -0.4 is 10.2 Å². The number of nitriles is 1. The standard InChI is InChI=1S/C20H29N3O2/c1-4-23(5-2)17-10-11-18(15(3)14-17)22-20(24)25-19(12-13-21)16-8-6-7-9-16/h10-11,14,16,19H,4-9,12H2,1-3H3,(H,22,24). The Balaban J connectivity index is 2.00. The fourth-order valence-corrected chi connectivity index (χ4v) is 3.57. The maximum absolute atomic E-state index is 12.3. The summed E-state index contributed by atoms with van der Waals surface area (Å²) in [7, 11) is 0. The summed E-state index contributed by atoms with van der Waals surface area (Å²) >= 11 is 0. The number of hydrogen-bond donors (Lipinski definition) is 1. The summed E-state index contributed by atoms with van der Waals surface area (Å²) in [5, 5.41) is 11.8. The summed E-state index contributed by atoms with van der Waals surface area (Å²) in [4.78, 5) is 14.5. The Bertz CT molecular complexity index is 614. The summed E-state index contributed by atoms with van der Waals surface area (Å²) < 4.78 is 5.57. The zero-order valence-electron chi connectivity index (χ0n) is 15.5. The third-order valence-electron chi connectivity index (χ3n) is 5.05. The summed E-state index contributed by atoms with van der Waals surface area (Å²) in [6.07, 6.45) is 3.88. The Morgan fingerprint density at radius 1 is 1.36 bits per heavy atom. The molecule has 1 amide bonds. The van der Waals surface area contributed by atoms with Crippen LogP contribution in [0.25, 0.3) is 0 Å². The predicted octanol–water partition coefficient (Wildman–Crippen LogP) is 4.86. The minimum atomic E-state index is -0.467. The average molecular weight is 343 g/mol. The van der Waals surface area contributed by atoms with E-state index in [4.69, 9.17) is 10.00 Å². The van der Waals surface area contributed by atoms with E-state index >= 15 is 0 Å². The zero-order valence-corrected chi connectivity index (χ0v) is 15.5. The van der Waals surface area contributed by atoms with Crippen molar-refractivity contribution >= 4 is 17.5 Å². The van der Waals surface area contributed by atoms with Crippen molar-refractivity contribution in [2.45, 2.75) is 59.0 Å². The van der Waals surface area contributed by atoms with Gasteiger partial charge in [0.25, 0.3) is 0 Å². The molecule has 0 heterocycles. The maximum Gasteiger partial charge on any atom is 0.411 e. The van der Waals surface area contributed by atoms with E-state index in [1.165, 1.54) is 0 Å². The van der Waals surface area contributed by atoms with Gasteiger partial charge in [-0.3, -0.25) is 5.32 Å². The molecule has 1 aliphatic carbocycles. The molecule has 0 aliphatic heterocycles. The maximum atomic E-state index is 12.3. The number of rotatable bonds is 7. The quantitative estimate of drug-likeness (QED) is 0.767. The van der Waals surface area contributed by atoms with Gasteiger partial charge in [-0.1, -0.05) is 12.8 Å². The molecule has 1 aromatic carbocycles. The highest BCUT2D eigenvalue weighted by Crippen LogP contribution is 2.31. The number of carbonyl (C=O) groups excluding carboxylic acids is 1. The largest absolute Gasteiger partial charge is 0.445 e. The van der Waals surface area contributed by atoms with Crippen molar-refractivity contribution in [3.05, 3.63) is 23.8 Å². The SMILES string of the molecule is CCN(CC)c1ccc(NC(=O)OC(CC#N)C2CCCC2)c(C)c1. The van der Waals surface area contributed by atoms with Gasteiger partial charge in [0.2, 0.25) is 0 Å². The molecule has 25 heavy (non-hydrogen) atoms. The third kappa shape index (κ3) is 5.12. The minimum Gasteiger partial charge on any atom is -0.445 e. The van der Waals surface area contributed by atoms with Crippen molar-refractivity contribution in [3.8, 4) is 6.07 Å². The first-order valence-corrected chi connectivity index (χ1v) is 9.29. The Morgan fingerprint density at radius 2 is 2.04 bits per heavy atom. The molecule has 136 valence electrons. The molecule has 1 N–H and O–H groups in total. The Morgan fingerprint density at radius 3 is 2.60 bits per heavy atom. The number of hydrogen-bond acceptors (Lipinski definition) is 4. The van der Waals surface area contributed by atoms with Crippen LogP contribution in [0.4, 0.5) is 16.2 Å². The Kier molecular flexibility index (Phi) is 7.12. The number of anilines is 2. The number of aryl methyl sites for hydroxylation is 1. The van der Waals surface area contributed by atoms with E-state index in [0.29, 0.717) is 5.92 Å². The second kappa shape index (κ2) is 9.31. The van der Waals surface area contributed by atoms with E-state index in [-0.39, 0.29) is 12.5 Å². The van der Waals surface area contributed by atoms with E-state index in [0.717, 1.165) is 55.7 Å². The molecule has 0 saturated heterocycles. The summed E-state index contributed by atoms with van der Waals surface area (Å²) in [5.41, 5.74) is 2.90. The second-order valence-electron chi connectivity index (χ2n) is 6.65. The first-order valence-electron chi connectivity index (χ1n) is 9.29. The average Bonchev–Trinajstić information content (AvgIpc) is 3.12. The number of nitrogens with zero attached hydrogens (tertiary/aromatic N) is 2. The molecule has 1 unspecified atom stereocenters. The molecule has 1 fully saturated rings. The van der Waals surface area contributed by atoms with Crippen LogP contribution >= 0.6 is 0 Å². The molecule has 5 nitrogen and oxygen atoms in total. The van der Waals surface area contributed by atoms with Gasteiger partial charge in [-0.15, -0.1) is 0 Å². The van der Waals surface area contributed by atoms with Gasteiger partial charge in [0.1, 0.15) is 6.10 Å². The molecule has 0 radical (unpaired) electrons. The van der Waals surface area contributed by atoms with Crippen LogP contribution in [0.5, 0.6) is 0 Å². The van der Waals surface area contributed by atoms with Crippen LogP contribution in [0.1, 0.15) is 51.5 Å². The van der Waals surface area contributed by atoms with Crippen LogP contribution in [0.3, 0.4) is 0 Å². The van der Waals surface area contributed by atoms with Crippen LogP contribution in [-0.4, -0.2) is 25.3 Å². The normalized spacial score (nSPS) is 15.4. The second-order valence-corrected chi connectivity index (χ2v) is 6.65. The molecule has 5 heteroatoms. The number of ether oxygens (including phenoxy) is 1. The highest BCUT2D eigenvalue weighted by Gasteiger charge is 2.28. The van der Waals surface area contributed by atoms with E-state index in [1.807, 2.05) is 19.1 Å². The summed E-state index contributed by atoms with van der Waals surface area (Å²) in [6, 6.07) is 8.15. The molecule has 0 aromatic heterocycles. The van der Waals surface area contributed by atoms with Crippen molar-refractivity contribution in [1.29, 1.82) is 5.26 Å². The van der Waals surface area contributed by atoms with Crippen LogP contribution in [-0.2, 0) is 4.74 Å². The van der Waals surface area contributed by atoms with E-state index < -0.39 is 6.09 Å². The molecule has 1 saturated carbocycles. The van der Waals surface area contributed by atoms with Gasteiger partial charge in [0, 0.05) is 24.5 Å². The number of nitrogens with one attached hydrogen (secondary N) is 1. The molecule has 0 bridgehead atoms. The van der Waals surface area contributed by atoms with Gasteiger partial charge in [0.15, 0.2) is 0 Å². The van der Waals surface area contributed by atoms with E-state index in [1.54, 1.807) is 0 Å². The fourth-order valence-electron chi connectivity index (χ4n) is 3.57.